The van der Waals surface area contributed by atoms with Crippen molar-refractivity contribution >= 4 is 38.3 Å². The van der Waals surface area contributed by atoms with E-state index in [4.69, 9.17) is 5.84 Å². The molecule has 1 aromatic heterocycles. The lowest BCUT2D eigenvalue weighted by molar-refractivity contribution is -0.116. The molecule has 0 aliphatic rings. The van der Waals surface area contributed by atoms with Gasteiger partial charge in [-0.2, -0.15) is 0 Å². The van der Waals surface area contributed by atoms with E-state index in [0.29, 0.717) is 17.5 Å². The first-order valence-corrected chi connectivity index (χ1v) is 6.57. The molecule has 0 fully saturated rings. The van der Waals surface area contributed by atoms with Crippen LogP contribution in [0.2, 0.25) is 0 Å². The summed E-state index contributed by atoms with van der Waals surface area (Å²) in [6, 6.07) is 5.63. The standard InChI is InChI=1S/C12H16N4OS/c1-7(2)5-11(17)14-8-3-4-9-10(6-8)18-12(15-9)16-13/h3-4,6-7H,5,13H2,1-2H3,(H,14,17)(H,15,16). The number of aromatic nitrogens is 1. The molecular formula is C12H16N4OS. The maximum absolute atomic E-state index is 11.7. The van der Waals surface area contributed by atoms with Crippen LogP contribution in [0.25, 0.3) is 10.2 Å². The van der Waals surface area contributed by atoms with Gasteiger partial charge in [0, 0.05) is 12.1 Å². The van der Waals surface area contributed by atoms with E-state index in [9.17, 15) is 4.79 Å². The van der Waals surface area contributed by atoms with Crippen LogP contribution in [0.4, 0.5) is 10.8 Å². The van der Waals surface area contributed by atoms with Gasteiger partial charge in [0.2, 0.25) is 5.91 Å². The summed E-state index contributed by atoms with van der Waals surface area (Å²) < 4.78 is 0.991. The molecule has 1 amide bonds. The van der Waals surface area contributed by atoms with Crippen molar-refractivity contribution in [3.05, 3.63) is 18.2 Å². The van der Waals surface area contributed by atoms with Crippen molar-refractivity contribution in [2.24, 2.45) is 11.8 Å². The lowest BCUT2D eigenvalue weighted by atomic mass is 10.1. The van der Waals surface area contributed by atoms with Crippen LogP contribution in [0.15, 0.2) is 18.2 Å². The Labute approximate surface area is 109 Å². The van der Waals surface area contributed by atoms with Gasteiger partial charge in [-0.1, -0.05) is 25.2 Å². The number of nitrogens with zero attached hydrogens (tertiary/aromatic N) is 1. The van der Waals surface area contributed by atoms with E-state index in [0.717, 1.165) is 15.9 Å². The molecule has 0 unspecified atom stereocenters. The number of amides is 1. The Balaban J connectivity index is 2.16. The van der Waals surface area contributed by atoms with E-state index in [2.05, 4.69) is 15.7 Å². The number of anilines is 2. The highest BCUT2D eigenvalue weighted by molar-refractivity contribution is 7.22. The van der Waals surface area contributed by atoms with Crippen molar-refractivity contribution in [1.82, 2.24) is 4.98 Å². The average Bonchev–Trinajstić information content (AvgIpc) is 2.69. The molecule has 18 heavy (non-hydrogen) atoms. The Morgan fingerprint density at radius 2 is 2.28 bits per heavy atom. The van der Waals surface area contributed by atoms with Crippen molar-refractivity contribution in [3.8, 4) is 0 Å². The first-order chi connectivity index (χ1) is 8.58. The second-order valence-corrected chi connectivity index (χ2v) is 5.52. The van der Waals surface area contributed by atoms with Crippen LogP contribution in [0.5, 0.6) is 0 Å². The Hall–Kier alpha value is -1.66. The fraction of sp³-hybridized carbons (Fsp3) is 0.333. The maximum atomic E-state index is 11.7. The van der Waals surface area contributed by atoms with Gasteiger partial charge in [0.15, 0.2) is 5.13 Å². The molecule has 0 radical (unpaired) electrons. The van der Waals surface area contributed by atoms with E-state index in [1.165, 1.54) is 11.3 Å². The molecule has 96 valence electrons. The van der Waals surface area contributed by atoms with Gasteiger partial charge in [0.25, 0.3) is 0 Å². The molecule has 0 bridgehead atoms. The van der Waals surface area contributed by atoms with Gasteiger partial charge in [-0.25, -0.2) is 10.8 Å². The Kier molecular flexibility index (Phi) is 3.78. The second kappa shape index (κ2) is 5.32. The highest BCUT2D eigenvalue weighted by Crippen LogP contribution is 2.27. The van der Waals surface area contributed by atoms with Crippen molar-refractivity contribution in [1.29, 1.82) is 0 Å². The highest BCUT2D eigenvalue weighted by atomic mass is 32.1. The predicted octanol–water partition coefficient (Wildman–Crippen LogP) is 2.57. The van der Waals surface area contributed by atoms with Crippen LogP contribution in [-0.2, 0) is 4.79 Å². The number of hydrogen-bond donors (Lipinski definition) is 3. The zero-order valence-electron chi connectivity index (χ0n) is 10.4. The number of hydrazine groups is 1. The third kappa shape index (κ3) is 2.96. The zero-order valence-corrected chi connectivity index (χ0v) is 11.2. The summed E-state index contributed by atoms with van der Waals surface area (Å²) in [4.78, 5) is 15.9. The van der Waals surface area contributed by atoms with Crippen LogP contribution in [0.3, 0.4) is 0 Å². The average molecular weight is 264 g/mol. The number of hydrogen-bond acceptors (Lipinski definition) is 5. The Morgan fingerprint density at radius 1 is 1.50 bits per heavy atom. The van der Waals surface area contributed by atoms with Crippen LogP contribution < -0.4 is 16.6 Å². The minimum atomic E-state index is 0.0334. The lowest BCUT2D eigenvalue weighted by Crippen LogP contribution is -2.13. The number of fused-ring (bicyclic) bond motifs is 1. The molecule has 0 spiro atoms. The molecule has 1 heterocycles. The monoisotopic (exact) mass is 264 g/mol. The van der Waals surface area contributed by atoms with Crippen LogP contribution in [0.1, 0.15) is 20.3 Å². The van der Waals surface area contributed by atoms with E-state index >= 15 is 0 Å². The van der Waals surface area contributed by atoms with Crippen LogP contribution in [-0.4, -0.2) is 10.9 Å². The number of carbonyl (C=O) groups is 1. The van der Waals surface area contributed by atoms with Crippen molar-refractivity contribution in [2.75, 3.05) is 10.7 Å². The van der Waals surface area contributed by atoms with Gasteiger partial charge in [-0.15, -0.1) is 0 Å². The quantitative estimate of drug-likeness (QED) is 0.585. The van der Waals surface area contributed by atoms with E-state index in [1.807, 2.05) is 32.0 Å². The summed E-state index contributed by atoms with van der Waals surface area (Å²) >= 11 is 1.45. The first kappa shape index (κ1) is 12.8. The molecule has 0 saturated carbocycles. The molecule has 5 nitrogen and oxygen atoms in total. The Bertz CT molecular complexity index is 564. The second-order valence-electron chi connectivity index (χ2n) is 4.49. The third-order valence-electron chi connectivity index (χ3n) is 2.39. The fourth-order valence-electron chi connectivity index (χ4n) is 1.65. The summed E-state index contributed by atoms with van der Waals surface area (Å²) in [5, 5.41) is 3.54. The molecule has 1 aromatic carbocycles. The van der Waals surface area contributed by atoms with Crippen molar-refractivity contribution in [3.63, 3.8) is 0 Å². The molecule has 4 N–H and O–H groups in total. The molecule has 0 atom stereocenters. The number of thiazole rings is 1. The minimum absolute atomic E-state index is 0.0334. The predicted molar refractivity (Wildman–Crippen MR) is 75.5 cm³/mol. The van der Waals surface area contributed by atoms with E-state index in [1.54, 1.807) is 0 Å². The minimum Gasteiger partial charge on any atom is -0.326 e. The number of rotatable bonds is 4. The van der Waals surface area contributed by atoms with Gasteiger partial charge in [0.05, 0.1) is 10.2 Å². The SMILES string of the molecule is CC(C)CC(=O)Nc1ccc2nc(NN)sc2c1. The number of nitrogens with two attached hydrogens (primary N) is 1. The van der Waals surface area contributed by atoms with Crippen LogP contribution in [0, 0.1) is 5.92 Å². The third-order valence-corrected chi connectivity index (χ3v) is 3.34. The lowest BCUT2D eigenvalue weighted by Gasteiger charge is -2.06. The molecule has 2 rings (SSSR count). The summed E-state index contributed by atoms with van der Waals surface area (Å²) in [5.41, 5.74) is 4.19. The van der Waals surface area contributed by atoms with E-state index < -0.39 is 0 Å². The normalized spacial score (nSPS) is 10.9. The maximum Gasteiger partial charge on any atom is 0.224 e. The van der Waals surface area contributed by atoms with Crippen LogP contribution >= 0.6 is 11.3 Å². The summed E-state index contributed by atoms with van der Waals surface area (Å²) in [7, 11) is 0. The first-order valence-electron chi connectivity index (χ1n) is 5.75. The largest absolute Gasteiger partial charge is 0.326 e. The van der Waals surface area contributed by atoms with Gasteiger partial charge in [-0.3, -0.25) is 10.2 Å². The molecule has 6 heteroatoms. The molecule has 2 aromatic rings. The van der Waals surface area contributed by atoms with Crippen molar-refractivity contribution < 1.29 is 4.79 Å². The number of nitrogens with one attached hydrogen (secondary N) is 2. The van der Waals surface area contributed by atoms with Gasteiger partial charge >= 0.3 is 0 Å². The fourth-order valence-corrected chi connectivity index (χ4v) is 2.46. The van der Waals surface area contributed by atoms with Gasteiger partial charge < -0.3 is 5.32 Å². The summed E-state index contributed by atoms with van der Waals surface area (Å²) in [6.45, 7) is 4.04. The zero-order chi connectivity index (χ0) is 13.1. The topological polar surface area (TPSA) is 80.0 Å². The molecular weight excluding hydrogens is 248 g/mol. The van der Waals surface area contributed by atoms with Gasteiger partial charge in [0.1, 0.15) is 0 Å². The van der Waals surface area contributed by atoms with Gasteiger partial charge in [-0.05, 0) is 24.1 Å². The highest BCUT2D eigenvalue weighted by Gasteiger charge is 2.07. The van der Waals surface area contributed by atoms with Crippen molar-refractivity contribution in [2.45, 2.75) is 20.3 Å². The number of benzene rings is 1. The van der Waals surface area contributed by atoms with E-state index in [-0.39, 0.29) is 5.91 Å². The smallest absolute Gasteiger partial charge is 0.224 e. The number of nitrogen functional groups attached to an aromatic ring is 1. The molecule has 0 aliphatic heterocycles. The summed E-state index contributed by atoms with van der Waals surface area (Å²) in [6.07, 6.45) is 0.524. The molecule has 0 aliphatic carbocycles. The Morgan fingerprint density at radius 3 is 2.94 bits per heavy atom. The summed E-state index contributed by atoms with van der Waals surface area (Å²) in [5.74, 6) is 5.70. The molecule has 0 saturated heterocycles. The number of carbonyl (C=O) groups excluding carboxylic acids is 1.